The molecule has 46 heavy (non-hydrogen) atoms. The van der Waals surface area contributed by atoms with E-state index in [1.165, 1.54) is 10.0 Å². The normalized spacial score (nSPS) is 24.4. The molecule has 11 heteroatoms. The number of anilines is 1. The van der Waals surface area contributed by atoms with Gasteiger partial charge in [-0.3, -0.25) is 19.4 Å². The Morgan fingerprint density at radius 1 is 0.891 bits per heavy atom. The highest BCUT2D eigenvalue weighted by atomic mass is 16.5. The molecule has 0 N–H and O–H groups in total. The van der Waals surface area contributed by atoms with Crippen LogP contribution in [-0.4, -0.2) is 66.3 Å². The van der Waals surface area contributed by atoms with E-state index >= 15 is 0 Å². The molecule has 1 aliphatic carbocycles. The molecule has 0 radical (unpaired) electrons. The van der Waals surface area contributed by atoms with Crippen LogP contribution >= 0.6 is 0 Å². The molecule has 1 saturated heterocycles. The van der Waals surface area contributed by atoms with E-state index < -0.39 is 23.9 Å². The van der Waals surface area contributed by atoms with Crippen molar-refractivity contribution in [3.05, 3.63) is 95.1 Å². The Bertz CT molecular complexity index is 1770. The molecule has 0 spiro atoms. The van der Waals surface area contributed by atoms with Crippen LogP contribution in [0.4, 0.5) is 5.69 Å². The summed E-state index contributed by atoms with van der Waals surface area (Å²) in [4.78, 5) is 42.1. The first-order valence-electron chi connectivity index (χ1n) is 15.4. The zero-order valence-electron chi connectivity index (χ0n) is 25.9. The molecule has 3 amide bonds. The lowest BCUT2D eigenvalue weighted by Crippen LogP contribution is -2.45. The molecule has 0 bridgehead atoms. The lowest BCUT2D eigenvalue weighted by atomic mass is 9.77. The highest BCUT2D eigenvalue weighted by Crippen LogP contribution is 2.45. The quantitative estimate of drug-likeness (QED) is 0.339. The zero-order valence-corrected chi connectivity index (χ0v) is 25.9. The Morgan fingerprint density at radius 2 is 1.57 bits per heavy atom. The molecule has 0 unspecified atom stereocenters. The average Bonchev–Trinajstić information content (AvgIpc) is 3.75. The third-order valence-electron chi connectivity index (χ3n) is 9.12. The maximum Gasteiger partial charge on any atom is 0.264 e. The Kier molecular flexibility index (Phi) is 7.59. The number of aryl methyl sites for hydroxylation is 1. The van der Waals surface area contributed by atoms with Crippen LogP contribution in [0.3, 0.4) is 0 Å². The maximum absolute atomic E-state index is 14.2. The van der Waals surface area contributed by atoms with Crippen LogP contribution in [0.5, 0.6) is 11.5 Å². The summed E-state index contributed by atoms with van der Waals surface area (Å²) in [5, 5.41) is 16.1. The van der Waals surface area contributed by atoms with E-state index in [1.807, 2.05) is 67.6 Å². The standard InChI is InChI=1S/C35H34N6O5/c1-21-7-13-25(14-8-21)40-34(43)31-33(35(40)44)39(38-36-31)20-29(42)41-32(23-11-17-27(46-3)18-12-23)28-6-4-5-24(30(28)37-41)19-22-9-15-26(45-2)16-10-22/h7-19,28,31-33H,4-6,20H2,1-3H3/b24-19-/t28-,31+,32-,33+/m1/s1. The highest BCUT2D eigenvalue weighted by molar-refractivity contribution is 6.25. The van der Waals surface area contributed by atoms with E-state index in [4.69, 9.17) is 14.6 Å². The number of imide groups is 1. The number of benzene rings is 3. The number of nitrogens with zero attached hydrogens (tertiary/aromatic N) is 6. The monoisotopic (exact) mass is 618 g/mol. The number of amides is 3. The van der Waals surface area contributed by atoms with Gasteiger partial charge in [-0.25, -0.2) is 9.91 Å². The van der Waals surface area contributed by atoms with Crippen molar-refractivity contribution in [2.24, 2.45) is 21.4 Å². The SMILES string of the molecule is COc1ccc(/C=C2/CCC[C@@H]3C2=NN(C(=O)CN2N=N[C@@H]4C(=O)N(c5ccc(C)cc5)C(=O)[C@H]42)[C@@H]3c2ccc(OC)cc2)cc1. The van der Waals surface area contributed by atoms with Gasteiger partial charge in [-0.1, -0.05) is 47.2 Å². The molecule has 1 saturated carbocycles. The largest absolute Gasteiger partial charge is 0.497 e. The smallest absolute Gasteiger partial charge is 0.264 e. The van der Waals surface area contributed by atoms with Gasteiger partial charge in [0, 0.05) is 5.92 Å². The number of fused-ring (bicyclic) bond motifs is 2. The van der Waals surface area contributed by atoms with Crippen molar-refractivity contribution >= 4 is 35.2 Å². The van der Waals surface area contributed by atoms with Gasteiger partial charge in [0.1, 0.15) is 18.0 Å². The summed E-state index contributed by atoms with van der Waals surface area (Å²) >= 11 is 0. The number of hydrogen-bond donors (Lipinski definition) is 0. The third kappa shape index (κ3) is 5.11. The van der Waals surface area contributed by atoms with Gasteiger partial charge in [0.2, 0.25) is 0 Å². The summed E-state index contributed by atoms with van der Waals surface area (Å²) in [5.74, 6) is 0.249. The molecule has 0 aromatic heterocycles. The number of methoxy groups -OCH3 is 2. The highest BCUT2D eigenvalue weighted by Gasteiger charge is 2.55. The fourth-order valence-corrected chi connectivity index (χ4v) is 6.76. The number of carbonyl (C=O) groups excluding carboxylic acids is 3. The molecular weight excluding hydrogens is 584 g/mol. The molecule has 3 aromatic rings. The molecule has 3 heterocycles. The van der Waals surface area contributed by atoms with Crippen LogP contribution in [0, 0.1) is 12.8 Å². The van der Waals surface area contributed by atoms with Crippen LogP contribution in [0.1, 0.15) is 42.0 Å². The molecule has 4 aliphatic rings. The van der Waals surface area contributed by atoms with Crippen molar-refractivity contribution in [3.8, 4) is 11.5 Å². The second kappa shape index (κ2) is 11.9. The molecular formula is C35H34N6O5. The Hall–Kier alpha value is -5.32. The maximum atomic E-state index is 14.2. The molecule has 234 valence electrons. The van der Waals surface area contributed by atoms with Gasteiger partial charge >= 0.3 is 0 Å². The molecule has 2 fully saturated rings. The summed E-state index contributed by atoms with van der Waals surface area (Å²) in [7, 11) is 3.26. The fourth-order valence-electron chi connectivity index (χ4n) is 6.76. The van der Waals surface area contributed by atoms with Crippen LogP contribution in [0.25, 0.3) is 6.08 Å². The first kappa shape index (κ1) is 29.4. The number of carbonyl (C=O) groups is 3. The van der Waals surface area contributed by atoms with Gasteiger partial charge < -0.3 is 9.47 Å². The lowest BCUT2D eigenvalue weighted by molar-refractivity contribution is -0.136. The molecule has 11 nitrogen and oxygen atoms in total. The second-order valence-corrected chi connectivity index (χ2v) is 11.9. The summed E-state index contributed by atoms with van der Waals surface area (Å²) in [6.45, 7) is 1.68. The van der Waals surface area contributed by atoms with Crippen molar-refractivity contribution in [1.29, 1.82) is 0 Å². The van der Waals surface area contributed by atoms with E-state index in [0.29, 0.717) is 5.69 Å². The van der Waals surface area contributed by atoms with Gasteiger partial charge in [-0.05, 0) is 85.4 Å². The van der Waals surface area contributed by atoms with Crippen LogP contribution in [0.2, 0.25) is 0 Å². The molecule has 7 rings (SSSR count). The van der Waals surface area contributed by atoms with Crippen molar-refractivity contribution in [1.82, 2.24) is 10.0 Å². The van der Waals surface area contributed by atoms with Crippen molar-refractivity contribution < 1.29 is 23.9 Å². The minimum atomic E-state index is -0.995. The summed E-state index contributed by atoms with van der Waals surface area (Å²) in [5.41, 5.74) is 5.41. The van der Waals surface area contributed by atoms with E-state index in [9.17, 15) is 14.4 Å². The van der Waals surface area contributed by atoms with Crippen molar-refractivity contribution in [2.75, 3.05) is 25.7 Å². The minimum absolute atomic E-state index is 0.0183. The third-order valence-corrected chi connectivity index (χ3v) is 9.12. The molecule has 4 atom stereocenters. The average molecular weight is 619 g/mol. The first-order chi connectivity index (χ1) is 22.4. The Labute approximate surface area is 266 Å². The second-order valence-electron chi connectivity index (χ2n) is 11.9. The van der Waals surface area contributed by atoms with Gasteiger partial charge in [0.25, 0.3) is 17.7 Å². The Morgan fingerprint density at radius 3 is 2.24 bits per heavy atom. The predicted octanol–water partition coefficient (Wildman–Crippen LogP) is 5.13. The van der Waals surface area contributed by atoms with E-state index in [2.05, 4.69) is 16.4 Å². The Balaban J connectivity index is 1.18. The van der Waals surface area contributed by atoms with Gasteiger partial charge in [0.05, 0.1) is 31.7 Å². The van der Waals surface area contributed by atoms with Crippen LogP contribution in [-0.2, 0) is 14.4 Å². The number of hydrazone groups is 1. The van der Waals surface area contributed by atoms with Crippen LogP contribution in [0.15, 0.2) is 93.8 Å². The number of rotatable bonds is 7. The van der Waals surface area contributed by atoms with Crippen molar-refractivity contribution in [3.63, 3.8) is 0 Å². The molecule has 3 aromatic carbocycles. The van der Waals surface area contributed by atoms with E-state index in [0.717, 1.165) is 63.6 Å². The topological polar surface area (TPSA) is 116 Å². The van der Waals surface area contributed by atoms with E-state index in [-0.39, 0.29) is 24.4 Å². The minimum Gasteiger partial charge on any atom is -0.497 e. The number of allylic oxidation sites excluding steroid dienone is 1. The fraction of sp³-hybridized carbons (Fsp3) is 0.314. The summed E-state index contributed by atoms with van der Waals surface area (Å²) in [6.07, 6.45) is 4.79. The zero-order chi connectivity index (χ0) is 31.9. The predicted molar refractivity (Wildman–Crippen MR) is 171 cm³/mol. The van der Waals surface area contributed by atoms with Crippen LogP contribution < -0.4 is 14.4 Å². The first-order valence-corrected chi connectivity index (χ1v) is 15.4. The van der Waals surface area contributed by atoms with Gasteiger partial charge in [-0.15, -0.1) is 0 Å². The molecule has 3 aliphatic heterocycles. The van der Waals surface area contributed by atoms with Crippen molar-refractivity contribution in [2.45, 2.75) is 44.3 Å². The number of ether oxygens (including phenoxy) is 2. The summed E-state index contributed by atoms with van der Waals surface area (Å²) in [6, 6.07) is 20.4. The van der Waals surface area contributed by atoms with Gasteiger partial charge in [0.15, 0.2) is 12.1 Å². The van der Waals surface area contributed by atoms with E-state index in [1.54, 1.807) is 26.4 Å². The van der Waals surface area contributed by atoms with Gasteiger partial charge in [-0.2, -0.15) is 10.2 Å². The number of hydrogen-bond acceptors (Lipinski definition) is 9. The lowest BCUT2D eigenvalue weighted by Gasteiger charge is -2.30. The summed E-state index contributed by atoms with van der Waals surface area (Å²) < 4.78 is 10.7.